The number of amides is 1. The third-order valence-corrected chi connectivity index (χ3v) is 6.25. The molecule has 2 N–H and O–H groups in total. The molecule has 1 aliphatic rings. The fourth-order valence-electron chi connectivity index (χ4n) is 4.21. The third kappa shape index (κ3) is 6.17. The fourth-order valence-corrected chi connectivity index (χ4v) is 4.21. The van der Waals surface area contributed by atoms with Gasteiger partial charge < -0.3 is 15.1 Å². The number of Topliss-reactive ketones (excluding diaryl/α,β-unsaturated/α-hetero) is 1. The minimum absolute atomic E-state index is 0.0406. The Bertz CT molecular complexity index is 867. The van der Waals surface area contributed by atoms with E-state index in [0.29, 0.717) is 12.5 Å². The Morgan fingerprint density at radius 3 is 2.13 bits per heavy atom. The van der Waals surface area contributed by atoms with Gasteiger partial charge in [-0.3, -0.25) is 9.59 Å². The maximum atomic E-state index is 12.8. The second-order valence-electron chi connectivity index (χ2n) is 8.90. The van der Waals surface area contributed by atoms with Gasteiger partial charge >= 0.3 is 0 Å². The Hall–Kier alpha value is -2.66. The SMILES string of the molecule is CCc1ccc([C@@H](NC(=O)C[NH+]2CCN(c3ccc(C(C)=O)cc3)CC2)C(C)C)cc1. The van der Waals surface area contributed by atoms with E-state index in [4.69, 9.17) is 0 Å². The molecule has 0 bridgehead atoms. The van der Waals surface area contributed by atoms with Crippen molar-refractivity contribution < 1.29 is 14.5 Å². The predicted molar refractivity (Wildman–Crippen MR) is 126 cm³/mol. The van der Waals surface area contributed by atoms with Crippen LogP contribution < -0.4 is 15.1 Å². The Labute approximate surface area is 186 Å². The van der Waals surface area contributed by atoms with Crippen molar-refractivity contribution in [3.63, 3.8) is 0 Å². The standard InChI is InChI=1S/C26H35N3O2/c1-5-21-6-8-23(9-7-21)26(19(2)3)27-25(31)18-28-14-16-29(17-15-28)24-12-10-22(11-13-24)20(4)30/h6-13,19,26H,5,14-18H2,1-4H3,(H,27,31)/p+1/t26-/m0/s1. The molecule has 0 unspecified atom stereocenters. The summed E-state index contributed by atoms with van der Waals surface area (Å²) in [5.74, 6) is 0.543. The number of anilines is 1. The zero-order valence-electron chi connectivity index (χ0n) is 19.3. The molecule has 3 rings (SSSR count). The van der Waals surface area contributed by atoms with E-state index in [2.05, 4.69) is 55.3 Å². The number of hydrogen-bond acceptors (Lipinski definition) is 3. The first-order valence-corrected chi connectivity index (χ1v) is 11.4. The maximum absolute atomic E-state index is 12.8. The summed E-state index contributed by atoms with van der Waals surface area (Å²) < 4.78 is 0. The van der Waals surface area contributed by atoms with E-state index in [0.717, 1.165) is 43.9 Å². The molecule has 0 saturated carbocycles. The molecule has 1 fully saturated rings. The highest BCUT2D eigenvalue weighted by Gasteiger charge is 2.25. The molecule has 5 heteroatoms. The van der Waals surface area contributed by atoms with Crippen LogP contribution in [-0.2, 0) is 11.2 Å². The molecule has 1 heterocycles. The van der Waals surface area contributed by atoms with Crippen molar-refractivity contribution in [1.29, 1.82) is 0 Å². The molecule has 2 aromatic rings. The lowest BCUT2D eigenvalue weighted by molar-refractivity contribution is -0.892. The average molecular weight is 423 g/mol. The van der Waals surface area contributed by atoms with E-state index in [-0.39, 0.29) is 17.7 Å². The number of quaternary nitrogens is 1. The topological polar surface area (TPSA) is 53.9 Å². The molecular formula is C26H36N3O2+. The number of ketones is 1. The number of rotatable bonds is 8. The normalized spacial score (nSPS) is 15.7. The molecule has 166 valence electrons. The Balaban J connectivity index is 1.52. The van der Waals surface area contributed by atoms with Gasteiger partial charge in [0, 0.05) is 11.3 Å². The van der Waals surface area contributed by atoms with Gasteiger partial charge in [-0.1, -0.05) is 45.0 Å². The van der Waals surface area contributed by atoms with Gasteiger partial charge in [-0.15, -0.1) is 0 Å². The summed E-state index contributed by atoms with van der Waals surface area (Å²) in [5, 5.41) is 3.27. The third-order valence-electron chi connectivity index (χ3n) is 6.25. The summed E-state index contributed by atoms with van der Waals surface area (Å²) in [5.41, 5.74) is 4.38. The smallest absolute Gasteiger partial charge is 0.275 e. The van der Waals surface area contributed by atoms with Crippen LogP contribution in [0.3, 0.4) is 0 Å². The second kappa shape index (κ2) is 10.6. The highest BCUT2D eigenvalue weighted by molar-refractivity contribution is 5.94. The lowest BCUT2D eigenvalue weighted by Gasteiger charge is -2.34. The van der Waals surface area contributed by atoms with E-state index in [1.165, 1.54) is 16.0 Å². The van der Waals surface area contributed by atoms with Crippen LogP contribution in [0.2, 0.25) is 0 Å². The van der Waals surface area contributed by atoms with Gasteiger partial charge in [0.2, 0.25) is 0 Å². The van der Waals surface area contributed by atoms with Crippen LogP contribution in [0.25, 0.3) is 0 Å². The van der Waals surface area contributed by atoms with Crippen molar-refractivity contribution in [3.8, 4) is 0 Å². The van der Waals surface area contributed by atoms with Crippen LogP contribution in [-0.4, -0.2) is 44.4 Å². The quantitative estimate of drug-likeness (QED) is 0.643. The molecule has 5 nitrogen and oxygen atoms in total. The van der Waals surface area contributed by atoms with Gasteiger partial charge in [0.25, 0.3) is 5.91 Å². The molecule has 31 heavy (non-hydrogen) atoms. The Morgan fingerprint density at radius 2 is 1.61 bits per heavy atom. The lowest BCUT2D eigenvalue weighted by Crippen LogP contribution is -3.16. The number of aryl methyl sites for hydroxylation is 1. The molecule has 0 aliphatic carbocycles. The van der Waals surface area contributed by atoms with Crippen LogP contribution >= 0.6 is 0 Å². The maximum Gasteiger partial charge on any atom is 0.275 e. The summed E-state index contributed by atoms with van der Waals surface area (Å²) in [7, 11) is 0. The average Bonchev–Trinajstić information content (AvgIpc) is 2.78. The summed E-state index contributed by atoms with van der Waals surface area (Å²) in [6.07, 6.45) is 1.02. The molecule has 2 aromatic carbocycles. The van der Waals surface area contributed by atoms with Gasteiger partial charge in [-0.2, -0.15) is 0 Å². The monoisotopic (exact) mass is 422 g/mol. The first-order chi connectivity index (χ1) is 14.9. The number of piperazine rings is 1. The van der Waals surface area contributed by atoms with Crippen molar-refractivity contribution in [1.82, 2.24) is 5.32 Å². The van der Waals surface area contributed by atoms with Crippen molar-refractivity contribution >= 4 is 17.4 Å². The van der Waals surface area contributed by atoms with Gasteiger partial charge in [0.1, 0.15) is 0 Å². The van der Waals surface area contributed by atoms with Crippen molar-refractivity contribution in [2.75, 3.05) is 37.6 Å². The molecule has 0 spiro atoms. The Morgan fingerprint density at radius 1 is 1.00 bits per heavy atom. The van der Waals surface area contributed by atoms with Crippen molar-refractivity contribution in [2.45, 2.75) is 40.2 Å². The number of benzene rings is 2. The number of carbonyl (C=O) groups excluding carboxylic acids is 2. The molecule has 1 aliphatic heterocycles. The van der Waals surface area contributed by atoms with Gasteiger partial charge in [0.15, 0.2) is 12.3 Å². The summed E-state index contributed by atoms with van der Waals surface area (Å²) in [6.45, 7) is 12.2. The Kier molecular flexibility index (Phi) is 7.85. The molecule has 1 saturated heterocycles. The fraction of sp³-hybridized carbons (Fsp3) is 0.462. The predicted octanol–water partition coefficient (Wildman–Crippen LogP) is 2.67. The van der Waals surface area contributed by atoms with Crippen LogP contribution in [0, 0.1) is 5.92 Å². The molecule has 1 amide bonds. The number of carbonyl (C=O) groups is 2. The summed E-state index contributed by atoms with van der Waals surface area (Å²) in [4.78, 5) is 27.9. The van der Waals surface area contributed by atoms with Crippen LogP contribution in [0.5, 0.6) is 0 Å². The molecular weight excluding hydrogens is 386 g/mol. The summed E-state index contributed by atoms with van der Waals surface area (Å²) >= 11 is 0. The first kappa shape index (κ1) is 23.0. The molecule has 1 atom stereocenters. The summed E-state index contributed by atoms with van der Waals surface area (Å²) in [6, 6.07) is 16.5. The van der Waals surface area contributed by atoms with Gasteiger partial charge in [0.05, 0.1) is 32.2 Å². The minimum Gasteiger partial charge on any atom is -0.360 e. The first-order valence-electron chi connectivity index (χ1n) is 11.4. The van der Waals surface area contributed by atoms with E-state index >= 15 is 0 Å². The van der Waals surface area contributed by atoms with Crippen LogP contribution in [0.4, 0.5) is 5.69 Å². The van der Waals surface area contributed by atoms with E-state index < -0.39 is 0 Å². The highest BCUT2D eigenvalue weighted by atomic mass is 16.2. The van der Waals surface area contributed by atoms with E-state index in [9.17, 15) is 9.59 Å². The second-order valence-corrected chi connectivity index (χ2v) is 8.90. The lowest BCUT2D eigenvalue weighted by atomic mass is 9.95. The van der Waals surface area contributed by atoms with E-state index in [1.54, 1.807) is 6.92 Å². The highest BCUT2D eigenvalue weighted by Crippen LogP contribution is 2.22. The van der Waals surface area contributed by atoms with Gasteiger partial charge in [-0.05, 0) is 54.7 Å². The van der Waals surface area contributed by atoms with Crippen LogP contribution in [0.15, 0.2) is 48.5 Å². The number of nitrogens with zero attached hydrogens (tertiary/aromatic N) is 1. The van der Waals surface area contributed by atoms with E-state index in [1.807, 2.05) is 24.3 Å². The number of hydrogen-bond donors (Lipinski definition) is 2. The van der Waals surface area contributed by atoms with Gasteiger partial charge in [-0.25, -0.2) is 0 Å². The zero-order valence-corrected chi connectivity index (χ0v) is 19.3. The van der Waals surface area contributed by atoms with Crippen molar-refractivity contribution in [2.24, 2.45) is 5.92 Å². The zero-order chi connectivity index (χ0) is 22.4. The molecule has 0 aromatic heterocycles. The van der Waals surface area contributed by atoms with Crippen molar-refractivity contribution in [3.05, 3.63) is 65.2 Å². The number of nitrogens with one attached hydrogen (secondary N) is 2. The largest absolute Gasteiger partial charge is 0.360 e. The van der Waals surface area contributed by atoms with Crippen LogP contribution in [0.1, 0.15) is 55.2 Å². The minimum atomic E-state index is 0.0406. The molecule has 0 radical (unpaired) electrons.